The van der Waals surface area contributed by atoms with E-state index < -0.39 is 24.0 Å². The van der Waals surface area contributed by atoms with E-state index in [1.807, 2.05) is 24.3 Å². The number of aliphatic hydroxyl groups excluding tert-OH is 1. The quantitative estimate of drug-likeness (QED) is 0.439. The Morgan fingerprint density at radius 1 is 1.27 bits per heavy atom. The smallest absolute Gasteiger partial charge is 0.259 e. The van der Waals surface area contributed by atoms with Crippen molar-refractivity contribution in [3.8, 4) is 0 Å². The molecule has 30 heavy (non-hydrogen) atoms. The minimum Gasteiger partial charge on any atom is -0.384 e. The summed E-state index contributed by atoms with van der Waals surface area (Å²) in [6.07, 6.45) is 1.97. The van der Waals surface area contributed by atoms with Crippen LogP contribution in [0.4, 0.5) is 11.4 Å². The molecule has 4 rings (SSSR count). The van der Waals surface area contributed by atoms with Crippen LogP contribution in [-0.4, -0.2) is 48.1 Å². The van der Waals surface area contributed by atoms with Gasteiger partial charge in [0.1, 0.15) is 5.84 Å². The number of nitrogens with one attached hydrogen (secondary N) is 2. The molecule has 0 saturated carbocycles. The second-order valence-electron chi connectivity index (χ2n) is 7.20. The first-order valence-electron chi connectivity index (χ1n) is 9.60. The van der Waals surface area contributed by atoms with Gasteiger partial charge in [-0.15, -0.1) is 0 Å². The van der Waals surface area contributed by atoms with Crippen LogP contribution < -0.4 is 16.0 Å². The van der Waals surface area contributed by atoms with Crippen molar-refractivity contribution in [2.75, 3.05) is 23.4 Å². The number of ether oxygens (including phenoxy) is 1. The summed E-state index contributed by atoms with van der Waals surface area (Å²) in [5.41, 5.74) is 9.33. The van der Waals surface area contributed by atoms with E-state index in [1.165, 1.54) is 0 Å². The molecular formula is C22H22N4O4. The van der Waals surface area contributed by atoms with Crippen molar-refractivity contribution in [2.45, 2.75) is 18.6 Å². The van der Waals surface area contributed by atoms with E-state index in [-0.39, 0.29) is 12.4 Å². The number of morpholine rings is 1. The molecule has 1 heterocycles. The van der Waals surface area contributed by atoms with Crippen molar-refractivity contribution in [2.24, 2.45) is 5.73 Å². The Morgan fingerprint density at radius 2 is 2.03 bits per heavy atom. The van der Waals surface area contributed by atoms with Crippen LogP contribution in [0.2, 0.25) is 0 Å². The molecule has 8 nitrogen and oxygen atoms in total. The maximum Gasteiger partial charge on any atom is 0.259 e. The number of allylic oxidation sites excluding steroid dienone is 1. The average molecular weight is 406 g/mol. The normalized spacial score (nSPS) is 18.8. The van der Waals surface area contributed by atoms with Crippen LogP contribution in [0, 0.1) is 5.41 Å². The van der Waals surface area contributed by atoms with Gasteiger partial charge >= 0.3 is 0 Å². The van der Waals surface area contributed by atoms with Gasteiger partial charge in [0, 0.05) is 23.5 Å². The van der Waals surface area contributed by atoms with Crippen LogP contribution in [-0.2, 0) is 20.7 Å². The summed E-state index contributed by atoms with van der Waals surface area (Å²) in [7, 11) is 0. The third-order valence-corrected chi connectivity index (χ3v) is 5.21. The fraction of sp³-hybridized carbons (Fsp3) is 0.227. The van der Waals surface area contributed by atoms with Gasteiger partial charge in [0.25, 0.3) is 11.8 Å². The van der Waals surface area contributed by atoms with E-state index >= 15 is 0 Å². The predicted octanol–water partition coefficient (Wildman–Crippen LogP) is 1.27. The number of aliphatic hydroxyl groups is 1. The van der Waals surface area contributed by atoms with Crippen molar-refractivity contribution >= 4 is 35.1 Å². The number of fused-ring (bicyclic) bond motifs is 1. The van der Waals surface area contributed by atoms with Crippen molar-refractivity contribution in [3.63, 3.8) is 0 Å². The van der Waals surface area contributed by atoms with E-state index in [1.54, 1.807) is 29.2 Å². The number of rotatable bonds is 5. The highest BCUT2D eigenvalue weighted by Crippen LogP contribution is 2.27. The van der Waals surface area contributed by atoms with Crippen LogP contribution in [0.1, 0.15) is 16.7 Å². The number of anilines is 2. The number of hydrogen-bond donors (Lipinski definition) is 4. The number of carbonyl (C=O) groups is 2. The molecule has 2 atom stereocenters. The van der Waals surface area contributed by atoms with Gasteiger partial charge in [-0.2, -0.15) is 0 Å². The van der Waals surface area contributed by atoms with Crippen molar-refractivity contribution in [1.82, 2.24) is 0 Å². The molecule has 2 aromatic rings. The minimum atomic E-state index is -1.66. The number of nitrogen functional groups attached to an aromatic ring is 1. The first-order valence-corrected chi connectivity index (χ1v) is 9.60. The average Bonchev–Trinajstić information content (AvgIpc) is 3.21. The zero-order valence-electron chi connectivity index (χ0n) is 16.2. The lowest BCUT2D eigenvalue weighted by atomic mass is 10.1. The molecule has 1 aliphatic heterocycles. The Morgan fingerprint density at radius 3 is 2.77 bits per heavy atom. The Labute approximate surface area is 173 Å². The van der Waals surface area contributed by atoms with Crippen LogP contribution >= 0.6 is 0 Å². The molecule has 0 spiro atoms. The molecule has 0 unspecified atom stereocenters. The predicted molar refractivity (Wildman–Crippen MR) is 113 cm³/mol. The lowest BCUT2D eigenvalue weighted by molar-refractivity contribution is -0.150. The molecule has 2 aliphatic rings. The number of amides is 2. The second-order valence-corrected chi connectivity index (χ2v) is 7.20. The SMILES string of the molecule is N=C(N)c1ccc(NC(=O)[C@H](O)[C@H]2OCCN(c3ccc4c(c3)CC=C4)C2=O)cc1. The molecule has 1 saturated heterocycles. The van der Waals surface area contributed by atoms with Gasteiger partial charge in [0.15, 0.2) is 12.2 Å². The minimum absolute atomic E-state index is 0.0865. The highest BCUT2D eigenvalue weighted by Gasteiger charge is 2.39. The molecule has 0 aromatic heterocycles. The van der Waals surface area contributed by atoms with Crippen LogP contribution in [0.5, 0.6) is 0 Å². The van der Waals surface area contributed by atoms with Gasteiger partial charge in [-0.25, -0.2) is 0 Å². The molecule has 5 N–H and O–H groups in total. The fourth-order valence-electron chi connectivity index (χ4n) is 3.59. The number of hydrogen-bond acceptors (Lipinski definition) is 5. The molecule has 1 fully saturated rings. The van der Waals surface area contributed by atoms with E-state index in [0.29, 0.717) is 17.8 Å². The summed E-state index contributed by atoms with van der Waals surface area (Å²) in [4.78, 5) is 27.0. The Hall–Kier alpha value is -3.49. The molecule has 1 aliphatic carbocycles. The van der Waals surface area contributed by atoms with Gasteiger partial charge in [-0.05, 0) is 53.9 Å². The van der Waals surface area contributed by atoms with Crippen molar-refractivity contribution in [1.29, 1.82) is 5.41 Å². The molecule has 0 radical (unpaired) electrons. The van der Waals surface area contributed by atoms with E-state index in [0.717, 1.165) is 23.2 Å². The number of nitrogens with two attached hydrogens (primary N) is 1. The molecule has 2 amide bonds. The molecule has 8 heteroatoms. The summed E-state index contributed by atoms with van der Waals surface area (Å²) in [5.74, 6) is -1.29. The fourth-order valence-corrected chi connectivity index (χ4v) is 3.59. The Bertz CT molecular complexity index is 1030. The largest absolute Gasteiger partial charge is 0.384 e. The van der Waals surface area contributed by atoms with Gasteiger partial charge in [0.2, 0.25) is 0 Å². The second kappa shape index (κ2) is 8.10. The van der Waals surface area contributed by atoms with Crippen LogP contribution in [0.3, 0.4) is 0 Å². The third-order valence-electron chi connectivity index (χ3n) is 5.21. The lowest BCUT2D eigenvalue weighted by Crippen LogP contribution is -2.55. The number of amidine groups is 1. The maximum absolute atomic E-state index is 13.0. The zero-order valence-corrected chi connectivity index (χ0v) is 16.2. The number of benzene rings is 2. The summed E-state index contributed by atoms with van der Waals surface area (Å²) in [6.45, 7) is 0.561. The molecule has 2 aromatic carbocycles. The summed E-state index contributed by atoms with van der Waals surface area (Å²) < 4.78 is 5.45. The van der Waals surface area contributed by atoms with E-state index in [2.05, 4.69) is 11.4 Å². The summed E-state index contributed by atoms with van der Waals surface area (Å²) in [5, 5.41) is 20.4. The van der Waals surface area contributed by atoms with Gasteiger partial charge in [-0.3, -0.25) is 15.0 Å². The molecule has 154 valence electrons. The molecular weight excluding hydrogens is 384 g/mol. The van der Waals surface area contributed by atoms with Gasteiger partial charge < -0.3 is 25.8 Å². The van der Waals surface area contributed by atoms with Crippen molar-refractivity contribution < 1.29 is 19.4 Å². The van der Waals surface area contributed by atoms with Gasteiger partial charge in [-0.1, -0.05) is 18.2 Å². The first-order chi connectivity index (χ1) is 14.4. The summed E-state index contributed by atoms with van der Waals surface area (Å²) >= 11 is 0. The van der Waals surface area contributed by atoms with E-state index in [4.69, 9.17) is 15.9 Å². The van der Waals surface area contributed by atoms with Gasteiger partial charge in [0.05, 0.1) is 6.61 Å². The molecule has 0 bridgehead atoms. The number of nitrogens with zero attached hydrogens (tertiary/aromatic N) is 1. The Kier molecular flexibility index (Phi) is 5.35. The monoisotopic (exact) mass is 406 g/mol. The third kappa shape index (κ3) is 3.83. The summed E-state index contributed by atoms with van der Waals surface area (Å²) in [6, 6.07) is 12.1. The maximum atomic E-state index is 13.0. The van der Waals surface area contributed by atoms with Crippen LogP contribution in [0.15, 0.2) is 48.5 Å². The topological polar surface area (TPSA) is 129 Å². The van der Waals surface area contributed by atoms with E-state index in [9.17, 15) is 14.7 Å². The Balaban J connectivity index is 1.45. The standard InChI is InChI=1S/C22H22N4O4/c23-20(24)14-4-7-16(8-5-14)25-21(28)18(27)19-22(29)26(10-11-30-19)17-9-6-13-2-1-3-15(13)12-17/h1-2,4-9,12,18-19,27H,3,10-11H2,(H3,23,24)(H,25,28)/t18-,19-/m1/s1. The van der Waals surface area contributed by atoms with Crippen LogP contribution in [0.25, 0.3) is 6.08 Å². The first kappa shape index (κ1) is 19.8. The number of carbonyl (C=O) groups excluding carboxylic acids is 2. The highest BCUT2D eigenvalue weighted by atomic mass is 16.5. The zero-order chi connectivity index (χ0) is 21.3. The highest BCUT2D eigenvalue weighted by molar-refractivity contribution is 6.04. The van der Waals surface area contributed by atoms with Crippen molar-refractivity contribution in [3.05, 3.63) is 65.2 Å². The lowest BCUT2D eigenvalue weighted by Gasteiger charge is -2.34.